The van der Waals surface area contributed by atoms with Gasteiger partial charge in [0.2, 0.25) is 0 Å². The topological polar surface area (TPSA) is 94.6 Å². The van der Waals surface area contributed by atoms with E-state index in [2.05, 4.69) is 28.5 Å². The molecule has 178 valence electrons. The van der Waals surface area contributed by atoms with Gasteiger partial charge in [0, 0.05) is 37.9 Å². The molecule has 8 nitrogen and oxygen atoms in total. The number of urea groups is 1. The van der Waals surface area contributed by atoms with E-state index in [1.807, 2.05) is 18.0 Å². The second-order valence-electron chi connectivity index (χ2n) is 9.60. The average molecular weight is 462 g/mol. The SMILES string of the molecule is CCC[C@@]1(c2ccc(C(=O)N3CCN(c4ncc(C5CC5)cc4C)CC3)cc2)NC(=O)NC1=O. The zero-order valence-electron chi connectivity index (χ0n) is 19.8. The number of hydrogen-bond donors (Lipinski definition) is 2. The highest BCUT2D eigenvalue weighted by Crippen LogP contribution is 2.40. The normalized spacial score (nSPS) is 22.5. The van der Waals surface area contributed by atoms with Crippen LogP contribution in [0.1, 0.15) is 65.6 Å². The van der Waals surface area contributed by atoms with Gasteiger partial charge in [0.05, 0.1) is 0 Å². The number of nitrogens with one attached hydrogen (secondary N) is 2. The minimum absolute atomic E-state index is 0.0237. The largest absolute Gasteiger partial charge is 0.353 e. The highest BCUT2D eigenvalue weighted by atomic mass is 16.2. The van der Waals surface area contributed by atoms with Crippen molar-refractivity contribution in [1.29, 1.82) is 0 Å². The van der Waals surface area contributed by atoms with Crippen molar-refractivity contribution in [1.82, 2.24) is 20.5 Å². The molecule has 0 unspecified atom stereocenters. The van der Waals surface area contributed by atoms with Crippen LogP contribution in [0.25, 0.3) is 0 Å². The molecule has 1 atom stereocenters. The van der Waals surface area contributed by atoms with E-state index in [-0.39, 0.29) is 11.8 Å². The van der Waals surface area contributed by atoms with Crippen LogP contribution in [-0.2, 0) is 10.3 Å². The maximum atomic E-state index is 13.1. The third kappa shape index (κ3) is 4.02. The lowest BCUT2D eigenvalue weighted by molar-refractivity contribution is -0.124. The quantitative estimate of drug-likeness (QED) is 0.645. The molecule has 1 aromatic carbocycles. The Kier molecular flexibility index (Phi) is 5.75. The van der Waals surface area contributed by atoms with Crippen LogP contribution in [0.5, 0.6) is 0 Å². The highest BCUT2D eigenvalue weighted by Gasteiger charge is 2.46. The molecule has 0 radical (unpaired) electrons. The Hall–Kier alpha value is -3.42. The van der Waals surface area contributed by atoms with Crippen molar-refractivity contribution in [3.63, 3.8) is 0 Å². The van der Waals surface area contributed by atoms with E-state index in [4.69, 9.17) is 4.98 Å². The monoisotopic (exact) mass is 461 g/mol. The highest BCUT2D eigenvalue weighted by molar-refractivity contribution is 6.07. The minimum atomic E-state index is -1.07. The number of nitrogens with zero attached hydrogens (tertiary/aromatic N) is 3. The maximum Gasteiger partial charge on any atom is 0.322 e. The molecule has 1 saturated carbocycles. The molecule has 4 amide bonds. The Morgan fingerprint density at radius 1 is 1.12 bits per heavy atom. The molecule has 2 aliphatic heterocycles. The summed E-state index contributed by atoms with van der Waals surface area (Å²) < 4.78 is 0. The van der Waals surface area contributed by atoms with E-state index in [0.717, 1.165) is 25.3 Å². The number of piperazine rings is 1. The van der Waals surface area contributed by atoms with Crippen LogP contribution in [0, 0.1) is 6.92 Å². The van der Waals surface area contributed by atoms with E-state index in [9.17, 15) is 14.4 Å². The minimum Gasteiger partial charge on any atom is -0.353 e. The Morgan fingerprint density at radius 2 is 1.82 bits per heavy atom. The van der Waals surface area contributed by atoms with Crippen molar-refractivity contribution in [3.05, 3.63) is 58.8 Å². The summed E-state index contributed by atoms with van der Waals surface area (Å²) in [6.07, 6.45) is 5.77. The van der Waals surface area contributed by atoms with Gasteiger partial charge in [0.15, 0.2) is 0 Å². The van der Waals surface area contributed by atoms with Crippen LogP contribution in [-0.4, -0.2) is 53.9 Å². The molecule has 2 N–H and O–H groups in total. The summed E-state index contributed by atoms with van der Waals surface area (Å²) in [6, 6.07) is 8.83. The van der Waals surface area contributed by atoms with E-state index in [0.29, 0.717) is 36.6 Å². The van der Waals surface area contributed by atoms with Gasteiger partial charge >= 0.3 is 6.03 Å². The number of carbonyl (C=O) groups excluding carboxylic acids is 3. The number of carbonyl (C=O) groups is 3. The van der Waals surface area contributed by atoms with Crippen molar-refractivity contribution in [2.75, 3.05) is 31.1 Å². The number of benzene rings is 1. The van der Waals surface area contributed by atoms with Crippen LogP contribution in [0.15, 0.2) is 36.5 Å². The maximum absolute atomic E-state index is 13.1. The fourth-order valence-corrected chi connectivity index (χ4v) is 5.15. The fraction of sp³-hybridized carbons (Fsp3) is 0.462. The smallest absolute Gasteiger partial charge is 0.322 e. The van der Waals surface area contributed by atoms with Gasteiger partial charge in [0.25, 0.3) is 11.8 Å². The zero-order valence-corrected chi connectivity index (χ0v) is 19.8. The summed E-state index contributed by atoms with van der Waals surface area (Å²) in [7, 11) is 0. The Labute approximate surface area is 199 Å². The van der Waals surface area contributed by atoms with Crippen LogP contribution in [0.3, 0.4) is 0 Å². The molecule has 0 bridgehead atoms. The molecule has 2 aromatic rings. The van der Waals surface area contributed by atoms with E-state index in [1.165, 1.54) is 24.0 Å². The number of anilines is 1. The lowest BCUT2D eigenvalue weighted by Gasteiger charge is -2.36. The summed E-state index contributed by atoms with van der Waals surface area (Å²) in [5.74, 6) is 1.34. The van der Waals surface area contributed by atoms with Gasteiger partial charge in [-0.25, -0.2) is 9.78 Å². The average Bonchev–Trinajstić information content (AvgIpc) is 3.65. The number of rotatable bonds is 6. The molecule has 5 rings (SSSR count). The second kappa shape index (κ2) is 8.74. The molecule has 3 heterocycles. The first-order valence-electron chi connectivity index (χ1n) is 12.2. The number of pyridine rings is 1. The number of hydrogen-bond acceptors (Lipinski definition) is 5. The summed E-state index contributed by atoms with van der Waals surface area (Å²) in [4.78, 5) is 46.3. The predicted octanol–water partition coefficient (Wildman–Crippen LogP) is 3.06. The molecule has 1 aliphatic carbocycles. The van der Waals surface area contributed by atoms with Gasteiger partial charge in [-0.1, -0.05) is 31.5 Å². The van der Waals surface area contributed by atoms with E-state index < -0.39 is 11.6 Å². The fourth-order valence-electron chi connectivity index (χ4n) is 5.15. The Morgan fingerprint density at radius 3 is 2.38 bits per heavy atom. The first-order chi connectivity index (χ1) is 16.4. The van der Waals surface area contributed by atoms with Gasteiger partial charge in [-0.05, 0) is 60.9 Å². The van der Waals surface area contributed by atoms with Crippen LogP contribution >= 0.6 is 0 Å². The Balaban J connectivity index is 1.24. The Bertz CT molecular complexity index is 1120. The van der Waals surface area contributed by atoms with Crippen molar-refractivity contribution >= 4 is 23.7 Å². The molecule has 2 saturated heterocycles. The number of amides is 4. The van der Waals surface area contributed by atoms with Gasteiger partial charge in [-0.2, -0.15) is 0 Å². The molecular weight excluding hydrogens is 430 g/mol. The number of imide groups is 1. The molecule has 1 aromatic heterocycles. The first-order valence-corrected chi connectivity index (χ1v) is 12.2. The third-order valence-corrected chi connectivity index (χ3v) is 7.18. The second-order valence-corrected chi connectivity index (χ2v) is 9.60. The van der Waals surface area contributed by atoms with E-state index >= 15 is 0 Å². The van der Waals surface area contributed by atoms with Crippen molar-refractivity contribution in [2.24, 2.45) is 0 Å². The van der Waals surface area contributed by atoms with Crippen molar-refractivity contribution in [3.8, 4) is 0 Å². The predicted molar refractivity (Wildman–Crippen MR) is 129 cm³/mol. The molecule has 8 heteroatoms. The lowest BCUT2D eigenvalue weighted by Crippen LogP contribution is -2.49. The lowest BCUT2D eigenvalue weighted by atomic mass is 9.85. The van der Waals surface area contributed by atoms with Crippen molar-refractivity contribution in [2.45, 2.75) is 51.0 Å². The molecule has 0 spiro atoms. The van der Waals surface area contributed by atoms with Gasteiger partial charge in [-0.3, -0.25) is 14.9 Å². The summed E-state index contributed by atoms with van der Waals surface area (Å²) in [6.45, 7) is 6.83. The van der Waals surface area contributed by atoms with Crippen LogP contribution < -0.4 is 15.5 Å². The van der Waals surface area contributed by atoms with E-state index in [1.54, 1.807) is 24.3 Å². The molecular formula is C26H31N5O3. The summed E-state index contributed by atoms with van der Waals surface area (Å²) in [5, 5.41) is 5.12. The third-order valence-electron chi connectivity index (χ3n) is 7.18. The first kappa shape index (κ1) is 22.4. The van der Waals surface area contributed by atoms with Crippen molar-refractivity contribution < 1.29 is 14.4 Å². The number of aryl methyl sites for hydroxylation is 1. The standard InChI is InChI=1S/C26H31N5O3/c1-3-10-26(24(33)28-25(34)29-26)21-8-6-19(7-9-21)23(32)31-13-11-30(12-14-31)22-17(2)15-20(16-27-22)18-4-5-18/h6-9,15-16,18H,3-5,10-14H2,1-2H3,(H2,28,29,33,34)/t26-/m0/s1. The van der Waals surface area contributed by atoms with Gasteiger partial charge < -0.3 is 15.1 Å². The molecule has 3 fully saturated rings. The molecule has 3 aliphatic rings. The zero-order chi connectivity index (χ0) is 23.9. The summed E-state index contributed by atoms with van der Waals surface area (Å²) >= 11 is 0. The van der Waals surface area contributed by atoms with Gasteiger partial charge in [-0.15, -0.1) is 0 Å². The summed E-state index contributed by atoms with van der Waals surface area (Å²) in [5.41, 5.74) is 2.74. The van der Waals surface area contributed by atoms with Crippen LogP contribution in [0.4, 0.5) is 10.6 Å². The molecule has 34 heavy (non-hydrogen) atoms. The number of aromatic nitrogens is 1. The van der Waals surface area contributed by atoms with Crippen LogP contribution in [0.2, 0.25) is 0 Å². The van der Waals surface area contributed by atoms with Gasteiger partial charge in [0.1, 0.15) is 11.4 Å².